The molecule has 1 aliphatic rings. The molecule has 1 aromatic rings. The normalized spacial score (nSPS) is 16.4. The van der Waals surface area contributed by atoms with Crippen LogP contribution in [0.5, 0.6) is 0 Å². The number of hydrogen-bond acceptors (Lipinski definition) is 2. The Kier molecular flexibility index (Phi) is 2.11. The average Bonchev–Trinajstić information content (AvgIpc) is 2.47. The summed E-state index contributed by atoms with van der Waals surface area (Å²) in [5.41, 5.74) is 2.88. The van der Waals surface area contributed by atoms with Crippen molar-refractivity contribution in [3.8, 4) is 0 Å². The van der Waals surface area contributed by atoms with Gasteiger partial charge in [-0.05, 0) is 11.1 Å². The van der Waals surface area contributed by atoms with E-state index >= 15 is 0 Å². The molecule has 0 saturated heterocycles. The van der Waals surface area contributed by atoms with Crippen molar-refractivity contribution in [1.82, 2.24) is 4.90 Å². The van der Waals surface area contributed by atoms with Crippen molar-refractivity contribution in [1.29, 1.82) is 0 Å². The lowest BCUT2D eigenvalue weighted by Crippen LogP contribution is -2.18. The molecule has 2 rings (SSSR count). The molecule has 0 unspecified atom stereocenters. The minimum absolute atomic E-state index is 0.731. The van der Waals surface area contributed by atoms with Crippen LogP contribution < -0.4 is 0 Å². The second-order valence-electron chi connectivity index (χ2n) is 3.17. The number of rotatable bonds is 2. The third kappa shape index (κ3) is 1.36. The van der Waals surface area contributed by atoms with E-state index in [0.29, 0.717) is 0 Å². The molecule has 2 heteroatoms. The van der Waals surface area contributed by atoms with Gasteiger partial charge in [-0.3, -0.25) is 4.90 Å². The minimum atomic E-state index is 0.731. The lowest BCUT2D eigenvalue weighted by Gasteiger charge is -2.11. The molecule has 0 spiro atoms. The fourth-order valence-electron chi connectivity index (χ4n) is 1.68. The zero-order valence-electron chi connectivity index (χ0n) is 7.29. The second-order valence-corrected chi connectivity index (χ2v) is 3.17. The van der Waals surface area contributed by atoms with E-state index in [2.05, 4.69) is 29.2 Å². The summed E-state index contributed by atoms with van der Waals surface area (Å²) >= 11 is 0. The Morgan fingerprint density at radius 2 is 1.83 bits per heavy atom. The number of hydrogen-bond donors (Lipinski definition) is 0. The molecule has 2 nitrogen and oxygen atoms in total. The molecule has 0 bridgehead atoms. The lowest BCUT2D eigenvalue weighted by atomic mass is 10.1. The van der Waals surface area contributed by atoms with Gasteiger partial charge >= 0.3 is 0 Å². The van der Waals surface area contributed by atoms with Gasteiger partial charge in [-0.1, -0.05) is 24.3 Å². The largest absolute Gasteiger partial charge is 0.369 e. The smallest absolute Gasteiger partial charge is 0.0992 e. The van der Waals surface area contributed by atoms with E-state index in [4.69, 9.17) is 4.74 Å². The zero-order chi connectivity index (χ0) is 8.39. The summed E-state index contributed by atoms with van der Waals surface area (Å²) in [6, 6.07) is 8.56. The van der Waals surface area contributed by atoms with Crippen LogP contribution in [0.1, 0.15) is 11.1 Å². The Balaban J connectivity index is 2.11. The predicted octanol–water partition coefficient (Wildman–Crippen LogP) is 1.61. The molecule has 0 fully saturated rings. The van der Waals surface area contributed by atoms with Crippen molar-refractivity contribution >= 4 is 0 Å². The summed E-state index contributed by atoms with van der Waals surface area (Å²) < 4.78 is 5.08. The summed E-state index contributed by atoms with van der Waals surface area (Å²) in [6.45, 7) is 2.79. The van der Waals surface area contributed by atoms with Crippen LogP contribution in [0.4, 0.5) is 0 Å². The van der Waals surface area contributed by atoms with E-state index in [-0.39, 0.29) is 0 Å². The highest BCUT2D eigenvalue weighted by Crippen LogP contribution is 2.21. The van der Waals surface area contributed by atoms with Crippen LogP contribution in [0, 0.1) is 0 Å². The van der Waals surface area contributed by atoms with Gasteiger partial charge in [-0.25, -0.2) is 0 Å². The molecular formula is C10H13NO. The van der Waals surface area contributed by atoms with Gasteiger partial charge in [0, 0.05) is 20.2 Å². The predicted molar refractivity (Wildman–Crippen MR) is 47.6 cm³/mol. The number of ether oxygens (including phenoxy) is 1. The third-order valence-corrected chi connectivity index (χ3v) is 2.22. The maximum Gasteiger partial charge on any atom is 0.0992 e. The van der Waals surface area contributed by atoms with Gasteiger partial charge in [-0.2, -0.15) is 0 Å². The summed E-state index contributed by atoms with van der Waals surface area (Å²) in [5.74, 6) is 0. The standard InChI is InChI=1S/C10H13NO/c1-12-8-11-6-9-4-2-3-5-10(9)7-11/h2-5H,6-8H2,1H3. The summed E-state index contributed by atoms with van der Waals surface area (Å²) in [7, 11) is 1.74. The Morgan fingerprint density at radius 1 is 1.25 bits per heavy atom. The zero-order valence-corrected chi connectivity index (χ0v) is 7.29. The van der Waals surface area contributed by atoms with Gasteiger partial charge in [0.25, 0.3) is 0 Å². The van der Waals surface area contributed by atoms with E-state index in [0.717, 1.165) is 19.8 Å². The van der Waals surface area contributed by atoms with Gasteiger partial charge in [0.1, 0.15) is 0 Å². The Bertz CT molecular complexity index is 247. The van der Waals surface area contributed by atoms with E-state index in [1.165, 1.54) is 11.1 Å². The molecule has 0 atom stereocenters. The number of methoxy groups -OCH3 is 1. The first-order valence-corrected chi connectivity index (χ1v) is 4.18. The van der Waals surface area contributed by atoms with Crippen molar-refractivity contribution in [3.63, 3.8) is 0 Å². The first kappa shape index (κ1) is 7.77. The SMILES string of the molecule is COCN1Cc2ccccc2C1. The Morgan fingerprint density at radius 3 is 2.33 bits per heavy atom. The number of benzene rings is 1. The molecule has 0 aromatic heterocycles. The van der Waals surface area contributed by atoms with Crippen molar-refractivity contribution in [2.24, 2.45) is 0 Å². The maximum absolute atomic E-state index is 5.08. The molecule has 0 N–H and O–H groups in total. The second kappa shape index (κ2) is 3.25. The van der Waals surface area contributed by atoms with Gasteiger partial charge in [0.15, 0.2) is 0 Å². The van der Waals surface area contributed by atoms with E-state index in [1.807, 2.05) is 0 Å². The molecule has 1 aliphatic heterocycles. The Labute approximate surface area is 72.8 Å². The van der Waals surface area contributed by atoms with Gasteiger partial charge in [0.05, 0.1) is 6.73 Å². The van der Waals surface area contributed by atoms with E-state index in [9.17, 15) is 0 Å². The van der Waals surface area contributed by atoms with Crippen LogP contribution >= 0.6 is 0 Å². The van der Waals surface area contributed by atoms with Crippen LogP contribution in [0.25, 0.3) is 0 Å². The Hall–Kier alpha value is -0.860. The summed E-state index contributed by atoms with van der Waals surface area (Å²) in [4.78, 5) is 2.28. The first-order valence-electron chi connectivity index (χ1n) is 4.18. The molecule has 0 radical (unpaired) electrons. The van der Waals surface area contributed by atoms with Crippen molar-refractivity contribution in [3.05, 3.63) is 35.4 Å². The molecule has 1 aromatic carbocycles. The third-order valence-electron chi connectivity index (χ3n) is 2.22. The highest BCUT2D eigenvalue weighted by Gasteiger charge is 2.16. The molecule has 0 aliphatic carbocycles. The van der Waals surface area contributed by atoms with Crippen LogP contribution in [0.15, 0.2) is 24.3 Å². The fourth-order valence-corrected chi connectivity index (χ4v) is 1.68. The monoisotopic (exact) mass is 163 g/mol. The molecule has 12 heavy (non-hydrogen) atoms. The number of nitrogens with zero attached hydrogens (tertiary/aromatic N) is 1. The summed E-state index contributed by atoms with van der Waals surface area (Å²) in [5, 5.41) is 0. The van der Waals surface area contributed by atoms with Crippen LogP contribution in [0.2, 0.25) is 0 Å². The molecular weight excluding hydrogens is 150 g/mol. The van der Waals surface area contributed by atoms with Crippen LogP contribution in [0.3, 0.4) is 0 Å². The lowest BCUT2D eigenvalue weighted by molar-refractivity contribution is 0.0613. The van der Waals surface area contributed by atoms with Gasteiger partial charge in [0.2, 0.25) is 0 Å². The van der Waals surface area contributed by atoms with Crippen LogP contribution in [-0.2, 0) is 17.8 Å². The van der Waals surface area contributed by atoms with Crippen molar-refractivity contribution in [2.45, 2.75) is 13.1 Å². The topological polar surface area (TPSA) is 12.5 Å². The summed E-state index contributed by atoms with van der Waals surface area (Å²) in [6.07, 6.45) is 0. The highest BCUT2D eigenvalue weighted by atomic mass is 16.5. The average molecular weight is 163 g/mol. The molecule has 0 saturated carbocycles. The van der Waals surface area contributed by atoms with Crippen molar-refractivity contribution in [2.75, 3.05) is 13.8 Å². The van der Waals surface area contributed by atoms with Crippen LogP contribution in [-0.4, -0.2) is 18.7 Å². The number of fused-ring (bicyclic) bond motifs is 1. The van der Waals surface area contributed by atoms with Crippen molar-refractivity contribution < 1.29 is 4.74 Å². The maximum atomic E-state index is 5.08. The molecule has 64 valence electrons. The van der Waals surface area contributed by atoms with E-state index in [1.54, 1.807) is 7.11 Å². The fraction of sp³-hybridized carbons (Fsp3) is 0.400. The minimum Gasteiger partial charge on any atom is -0.369 e. The van der Waals surface area contributed by atoms with E-state index < -0.39 is 0 Å². The quantitative estimate of drug-likeness (QED) is 0.656. The molecule has 1 heterocycles. The first-order chi connectivity index (χ1) is 5.90. The van der Waals surface area contributed by atoms with Gasteiger partial charge < -0.3 is 4.74 Å². The highest BCUT2D eigenvalue weighted by molar-refractivity contribution is 5.29. The van der Waals surface area contributed by atoms with Gasteiger partial charge in [-0.15, -0.1) is 0 Å². The molecule has 0 amide bonds.